The molecule has 3 aromatic carbocycles. The zero-order chi connectivity index (χ0) is 22.7. The maximum Gasteiger partial charge on any atom is 0.251 e. The van der Waals surface area contributed by atoms with E-state index in [1.807, 2.05) is 43.3 Å². The zero-order valence-corrected chi connectivity index (χ0v) is 19.2. The van der Waals surface area contributed by atoms with E-state index in [4.69, 9.17) is 0 Å². The van der Waals surface area contributed by atoms with Crippen molar-refractivity contribution < 1.29 is 13.2 Å². The molecule has 166 valence electrons. The fourth-order valence-electron chi connectivity index (χ4n) is 4.18. The number of benzene rings is 3. The number of rotatable bonds is 6. The van der Waals surface area contributed by atoms with Crippen LogP contribution in [0.4, 0.5) is 5.69 Å². The Morgan fingerprint density at radius 2 is 1.69 bits per heavy atom. The summed E-state index contributed by atoms with van der Waals surface area (Å²) in [5.74, 6) is -0.150. The van der Waals surface area contributed by atoms with Crippen molar-refractivity contribution in [2.45, 2.75) is 38.8 Å². The third-order valence-corrected chi connectivity index (χ3v) is 7.08. The highest BCUT2D eigenvalue weighted by molar-refractivity contribution is 7.92. The first-order valence-corrected chi connectivity index (χ1v) is 12.7. The number of anilines is 1. The van der Waals surface area contributed by atoms with Crippen molar-refractivity contribution in [3.05, 3.63) is 101 Å². The number of aryl methyl sites for hydroxylation is 2. The third kappa shape index (κ3) is 5.02. The Morgan fingerprint density at radius 1 is 1.00 bits per heavy atom. The van der Waals surface area contributed by atoms with Gasteiger partial charge in [0, 0.05) is 5.56 Å². The molecule has 1 aliphatic rings. The van der Waals surface area contributed by atoms with E-state index in [1.54, 1.807) is 24.3 Å². The molecule has 4 rings (SSSR count). The summed E-state index contributed by atoms with van der Waals surface area (Å²) in [6.07, 6.45) is 4.20. The van der Waals surface area contributed by atoms with E-state index in [2.05, 4.69) is 17.4 Å². The lowest BCUT2D eigenvalue weighted by Crippen LogP contribution is -2.31. The molecule has 0 radical (unpaired) electrons. The summed E-state index contributed by atoms with van der Waals surface area (Å²) in [5, 5.41) is 3.14. The fourth-order valence-corrected chi connectivity index (χ4v) is 5.07. The molecule has 1 N–H and O–H groups in total. The smallest absolute Gasteiger partial charge is 0.251 e. The lowest BCUT2D eigenvalue weighted by atomic mass is 9.87. The van der Waals surface area contributed by atoms with Crippen LogP contribution < -0.4 is 9.62 Å². The van der Waals surface area contributed by atoms with Gasteiger partial charge in [0.15, 0.2) is 0 Å². The van der Waals surface area contributed by atoms with Crippen LogP contribution in [0.2, 0.25) is 0 Å². The first-order chi connectivity index (χ1) is 15.3. The second kappa shape index (κ2) is 9.17. The van der Waals surface area contributed by atoms with Crippen LogP contribution in [0.3, 0.4) is 0 Å². The van der Waals surface area contributed by atoms with Crippen LogP contribution in [0.5, 0.6) is 0 Å². The van der Waals surface area contributed by atoms with Crippen molar-refractivity contribution >= 4 is 21.6 Å². The van der Waals surface area contributed by atoms with Crippen LogP contribution in [0.25, 0.3) is 0 Å². The van der Waals surface area contributed by atoms with Crippen LogP contribution in [0, 0.1) is 6.92 Å². The molecule has 32 heavy (non-hydrogen) atoms. The Balaban J connectivity index is 1.51. The summed E-state index contributed by atoms with van der Waals surface area (Å²) in [7, 11) is -3.48. The van der Waals surface area contributed by atoms with E-state index in [1.165, 1.54) is 21.7 Å². The average molecular weight is 449 g/mol. The van der Waals surface area contributed by atoms with Crippen molar-refractivity contribution in [1.82, 2.24) is 5.32 Å². The highest BCUT2D eigenvalue weighted by Gasteiger charge is 2.23. The van der Waals surface area contributed by atoms with E-state index < -0.39 is 10.0 Å². The lowest BCUT2D eigenvalue weighted by Gasteiger charge is -2.26. The molecule has 0 unspecified atom stereocenters. The molecule has 0 bridgehead atoms. The Kier molecular flexibility index (Phi) is 6.33. The number of carbonyl (C=O) groups excluding carboxylic acids is 1. The molecule has 0 heterocycles. The normalized spacial score (nSPS) is 15.6. The molecule has 1 atom stereocenters. The van der Waals surface area contributed by atoms with E-state index in [-0.39, 0.29) is 18.5 Å². The molecule has 0 aromatic heterocycles. The van der Waals surface area contributed by atoms with Gasteiger partial charge in [0.25, 0.3) is 5.91 Å². The van der Waals surface area contributed by atoms with E-state index in [9.17, 15) is 13.2 Å². The molecule has 0 spiro atoms. The Labute approximate surface area is 190 Å². The van der Waals surface area contributed by atoms with Crippen molar-refractivity contribution in [3.8, 4) is 0 Å². The van der Waals surface area contributed by atoms with Gasteiger partial charge < -0.3 is 5.32 Å². The first kappa shape index (κ1) is 22.1. The Bertz CT molecular complexity index is 1200. The minimum atomic E-state index is -3.48. The van der Waals surface area contributed by atoms with Gasteiger partial charge in [-0.1, -0.05) is 54.1 Å². The van der Waals surface area contributed by atoms with Crippen LogP contribution in [-0.4, -0.2) is 20.6 Å². The van der Waals surface area contributed by atoms with E-state index >= 15 is 0 Å². The van der Waals surface area contributed by atoms with E-state index in [0.29, 0.717) is 11.3 Å². The number of nitrogens with zero attached hydrogens (tertiary/aromatic N) is 1. The maximum atomic E-state index is 12.9. The van der Waals surface area contributed by atoms with Gasteiger partial charge in [-0.15, -0.1) is 0 Å². The number of nitrogens with one attached hydrogen (secondary N) is 1. The maximum absolute atomic E-state index is 12.9. The summed E-state index contributed by atoms with van der Waals surface area (Å²) in [6, 6.07) is 22.8. The van der Waals surface area contributed by atoms with Crippen molar-refractivity contribution in [2.75, 3.05) is 10.6 Å². The van der Waals surface area contributed by atoms with Crippen LogP contribution in [0.1, 0.15) is 51.5 Å². The molecule has 5 nitrogen and oxygen atoms in total. The van der Waals surface area contributed by atoms with Crippen LogP contribution >= 0.6 is 0 Å². The standard InChI is InChI=1S/C26H28N2O3S/c1-19-10-12-20(13-11-19)18-28(32(2,30)31)23-16-14-22(15-17-23)26(29)27-25-9-5-7-21-6-3-4-8-24(21)25/h3-4,6,8,10-17,25H,5,7,9,18H2,1-2H3,(H,27,29)/t25-/m1/s1. The number of amides is 1. The number of fused-ring (bicyclic) bond motifs is 1. The minimum Gasteiger partial charge on any atom is -0.345 e. The topological polar surface area (TPSA) is 66.5 Å². The van der Waals surface area contributed by atoms with Crippen LogP contribution in [0.15, 0.2) is 72.8 Å². The summed E-state index contributed by atoms with van der Waals surface area (Å²) in [6.45, 7) is 2.23. The molecule has 3 aromatic rings. The highest BCUT2D eigenvalue weighted by Crippen LogP contribution is 2.30. The summed E-state index contributed by atoms with van der Waals surface area (Å²) in [5.41, 5.74) is 5.55. The molecule has 0 saturated heterocycles. The minimum absolute atomic E-state index is 0.00109. The van der Waals surface area contributed by atoms with Crippen LogP contribution in [-0.2, 0) is 23.0 Å². The monoisotopic (exact) mass is 448 g/mol. The molecule has 1 amide bonds. The van der Waals surface area contributed by atoms with Gasteiger partial charge in [-0.3, -0.25) is 9.10 Å². The van der Waals surface area contributed by atoms with Gasteiger partial charge in [-0.2, -0.15) is 0 Å². The second-order valence-electron chi connectivity index (χ2n) is 8.42. The molecular weight excluding hydrogens is 420 g/mol. The zero-order valence-electron chi connectivity index (χ0n) is 18.4. The summed E-state index contributed by atoms with van der Waals surface area (Å²) >= 11 is 0. The third-order valence-electron chi connectivity index (χ3n) is 5.94. The van der Waals surface area contributed by atoms with Crippen molar-refractivity contribution in [2.24, 2.45) is 0 Å². The molecule has 1 aliphatic carbocycles. The second-order valence-corrected chi connectivity index (χ2v) is 10.3. The van der Waals surface area contributed by atoms with Gasteiger partial charge in [-0.25, -0.2) is 8.42 Å². The molecule has 0 fully saturated rings. The average Bonchev–Trinajstić information content (AvgIpc) is 2.78. The van der Waals surface area contributed by atoms with Gasteiger partial charge in [0.1, 0.15) is 0 Å². The Hall–Kier alpha value is -3.12. The van der Waals surface area contributed by atoms with Gasteiger partial charge >= 0.3 is 0 Å². The summed E-state index contributed by atoms with van der Waals surface area (Å²) < 4.78 is 26.3. The summed E-state index contributed by atoms with van der Waals surface area (Å²) in [4.78, 5) is 12.9. The molecule has 0 saturated carbocycles. The Morgan fingerprint density at radius 3 is 2.38 bits per heavy atom. The molecular formula is C26H28N2O3S. The predicted molar refractivity (Wildman–Crippen MR) is 128 cm³/mol. The number of sulfonamides is 1. The highest BCUT2D eigenvalue weighted by atomic mass is 32.2. The number of carbonyl (C=O) groups is 1. The van der Waals surface area contributed by atoms with Gasteiger partial charge in [0.2, 0.25) is 10.0 Å². The predicted octanol–water partition coefficient (Wildman–Crippen LogP) is 4.77. The number of hydrogen-bond donors (Lipinski definition) is 1. The van der Waals surface area contributed by atoms with Gasteiger partial charge in [-0.05, 0) is 67.1 Å². The van der Waals surface area contributed by atoms with Crippen molar-refractivity contribution in [3.63, 3.8) is 0 Å². The largest absolute Gasteiger partial charge is 0.345 e. The SMILES string of the molecule is Cc1ccc(CN(c2ccc(C(=O)N[C@@H]3CCCc4ccccc43)cc2)S(C)(=O)=O)cc1. The fraction of sp³-hybridized carbons (Fsp3) is 0.269. The quantitative estimate of drug-likeness (QED) is 0.591. The first-order valence-electron chi connectivity index (χ1n) is 10.8. The number of hydrogen-bond acceptors (Lipinski definition) is 3. The van der Waals surface area contributed by atoms with E-state index in [0.717, 1.165) is 30.4 Å². The lowest BCUT2D eigenvalue weighted by molar-refractivity contribution is 0.0932. The molecule has 6 heteroatoms. The van der Waals surface area contributed by atoms with Gasteiger partial charge in [0.05, 0.1) is 24.5 Å². The van der Waals surface area contributed by atoms with Crippen molar-refractivity contribution in [1.29, 1.82) is 0 Å². The molecule has 0 aliphatic heterocycles.